The molecule has 0 bridgehead atoms. The Morgan fingerprint density at radius 3 is 2.55 bits per heavy atom. The van der Waals surface area contributed by atoms with E-state index < -0.39 is 0 Å². The Labute approximate surface area is 127 Å². The topological polar surface area (TPSA) is 47.0 Å². The quantitative estimate of drug-likeness (QED) is 0.929. The molecule has 1 heterocycles. The van der Waals surface area contributed by atoms with Gasteiger partial charge in [0, 0.05) is 13.7 Å². The van der Waals surface area contributed by atoms with Crippen LogP contribution in [0.2, 0.25) is 10.0 Å². The summed E-state index contributed by atoms with van der Waals surface area (Å²) < 4.78 is 5.57. The molecule has 0 saturated heterocycles. The molecule has 1 fully saturated rings. The van der Waals surface area contributed by atoms with Crippen molar-refractivity contribution in [3.05, 3.63) is 28.4 Å². The van der Waals surface area contributed by atoms with E-state index in [4.69, 9.17) is 27.9 Å². The molecule has 1 aliphatic rings. The summed E-state index contributed by atoms with van der Waals surface area (Å²) in [6, 6.07) is 3.45. The molecule has 1 saturated carbocycles. The SMILES string of the molecule is COC1(CNc2cnc3cc(Cl)c(Cl)cc3n2)CCC1. The molecule has 6 heteroatoms. The van der Waals surface area contributed by atoms with Crippen molar-refractivity contribution in [3.8, 4) is 0 Å². The van der Waals surface area contributed by atoms with Crippen LogP contribution >= 0.6 is 23.2 Å². The number of halogens is 2. The molecule has 1 N–H and O–H groups in total. The highest BCUT2D eigenvalue weighted by Crippen LogP contribution is 2.35. The normalized spacial score (nSPS) is 16.9. The number of methoxy groups -OCH3 is 1. The molecule has 1 aromatic heterocycles. The zero-order valence-corrected chi connectivity index (χ0v) is 12.6. The number of anilines is 1. The van der Waals surface area contributed by atoms with Crippen molar-refractivity contribution < 1.29 is 4.74 Å². The van der Waals surface area contributed by atoms with Crippen molar-refractivity contribution >= 4 is 40.1 Å². The van der Waals surface area contributed by atoms with Gasteiger partial charge in [0.05, 0.1) is 32.9 Å². The van der Waals surface area contributed by atoms with Gasteiger partial charge in [-0.1, -0.05) is 23.2 Å². The Kier molecular flexibility index (Phi) is 3.71. The van der Waals surface area contributed by atoms with Crippen LogP contribution in [0.15, 0.2) is 18.3 Å². The number of ether oxygens (including phenoxy) is 1. The number of benzene rings is 1. The van der Waals surface area contributed by atoms with Gasteiger partial charge >= 0.3 is 0 Å². The molecule has 1 aromatic carbocycles. The summed E-state index contributed by atoms with van der Waals surface area (Å²) in [4.78, 5) is 8.85. The first-order valence-electron chi connectivity index (χ1n) is 6.53. The summed E-state index contributed by atoms with van der Waals surface area (Å²) in [6.07, 6.45) is 5.08. The largest absolute Gasteiger partial charge is 0.376 e. The monoisotopic (exact) mass is 311 g/mol. The summed E-state index contributed by atoms with van der Waals surface area (Å²) in [5.41, 5.74) is 1.41. The van der Waals surface area contributed by atoms with Crippen molar-refractivity contribution in [2.45, 2.75) is 24.9 Å². The molecule has 3 rings (SSSR count). The van der Waals surface area contributed by atoms with Crippen molar-refractivity contribution in [3.63, 3.8) is 0 Å². The maximum Gasteiger partial charge on any atom is 0.145 e. The van der Waals surface area contributed by atoms with Gasteiger partial charge in [-0.15, -0.1) is 0 Å². The number of nitrogens with one attached hydrogen (secondary N) is 1. The highest BCUT2D eigenvalue weighted by Gasteiger charge is 2.36. The van der Waals surface area contributed by atoms with E-state index in [1.165, 1.54) is 6.42 Å². The van der Waals surface area contributed by atoms with Gasteiger partial charge in [-0.05, 0) is 31.4 Å². The van der Waals surface area contributed by atoms with Gasteiger partial charge in [-0.3, -0.25) is 4.98 Å². The second-order valence-corrected chi connectivity index (χ2v) is 5.92. The summed E-state index contributed by atoms with van der Waals surface area (Å²) in [5.74, 6) is 0.721. The van der Waals surface area contributed by atoms with Gasteiger partial charge in [0.25, 0.3) is 0 Å². The number of rotatable bonds is 4. The van der Waals surface area contributed by atoms with E-state index >= 15 is 0 Å². The number of hydrogen-bond acceptors (Lipinski definition) is 4. The van der Waals surface area contributed by atoms with Crippen LogP contribution in [0.25, 0.3) is 11.0 Å². The summed E-state index contributed by atoms with van der Waals surface area (Å²) in [7, 11) is 1.76. The van der Waals surface area contributed by atoms with Gasteiger partial charge in [0.15, 0.2) is 0 Å². The van der Waals surface area contributed by atoms with E-state index in [0.717, 1.165) is 36.2 Å². The predicted octanol–water partition coefficient (Wildman–Crippen LogP) is 3.92. The van der Waals surface area contributed by atoms with Gasteiger partial charge in [-0.25, -0.2) is 4.98 Å². The Balaban J connectivity index is 1.80. The third-order valence-electron chi connectivity index (χ3n) is 3.87. The van der Waals surface area contributed by atoms with E-state index in [1.807, 2.05) is 0 Å². The van der Waals surface area contributed by atoms with E-state index in [-0.39, 0.29) is 5.60 Å². The first kappa shape index (κ1) is 13.9. The van der Waals surface area contributed by atoms with Crippen LogP contribution in [-0.4, -0.2) is 29.2 Å². The fourth-order valence-electron chi connectivity index (χ4n) is 2.37. The number of aromatic nitrogens is 2. The smallest absolute Gasteiger partial charge is 0.145 e. The highest BCUT2D eigenvalue weighted by molar-refractivity contribution is 6.42. The lowest BCUT2D eigenvalue weighted by Crippen LogP contribution is -2.45. The summed E-state index contributed by atoms with van der Waals surface area (Å²) in [6.45, 7) is 0.741. The van der Waals surface area contributed by atoms with Crippen LogP contribution < -0.4 is 5.32 Å². The Morgan fingerprint density at radius 2 is 1.95 bits per heavy atom. The standard InChI is InChI=1S/C14H15Cl2N3O/c1-20-14(3-2-4-14)8-18-13-7-17-11-5-9(15)10(16)6-12(11)19-13/h5-7H,2-4,8H2,1H3,(H,18,19). The lowest BCUT2D eigenvalue weighted by Gasteiger charge is -2.40. The van der Waals surface area contributed by atoms with Crippen LogP contribution in [0.1, 0.15) is 19.3 Å². The van der Waals surface area contributed by atoms with Gasteiger partial charge < -0.3 is 10.1 Å². The maximum atomic E-state index is 6.00. The van der Waals surface area contributed by atoms with E-state index in [0.29, 0.717) is 10.0 Å². The summed E-state index contributed by atoms with van der Waals surface area (Å²) >= 11 is 12.0. The van der Waals surface area contributed by atoms with Gasteiger partial charge in [0.2, 0.25) is 0 Å². The fourth-order valence-corrected chi connectivity index (χ4v) is 2.68. The van der Waals surface area contributed by atoms with Crippen molar-refractivity contribution in [1.82, 2.24) is 9.97 Å². The lowest BCUT2D eigenvalue weighted by molar-refractivity contribution is -0.0601. The van der Waals surface area contributed by atoms with Crippen LogP contribution in [0.5, 0.6) is 0 Å². The zero-order valence-electron chi connectivity index (χ0n) is 11.1. The first-order chi connectivity index (χ1) is 9.62. The molecule has 0 spiro atoms. The maximum absolute atomic E-state index is 6.00. The molecular weight excluding hydrogens is 297 g/mol. The molecule has 106 valence electrons. The molecule has 2 aromatic rings. The van der Waals surface area contributed by atoms with Crippen LogP contribution in [0.4, 0.5) is 5.82 Å². The molecule has 0 amide bonds. The van der Waals surface area contributed by atoms with E-state index in [2.05, 4.69) is 15.3 Å². The lowest BCUT2D eigenvalue weighted by atomic mass is 9.80. The van der Waals surface area contributed by atoms with Crippen molar-refractivity contribution in [1.29, 1.82) is 0 Å². The number of nitrogens with zero attached hydrogens (tertiary/aromatic N) is 2. The van der Waals surface area contributed by atoms with Gasteiger partial charge in [0.1, 0.15) is 5.82 Å². The fraction of sp³-hybridized carbons (Fsp3) is 0.429. The van der Waals surface area contributed by atoms with Crippen LogP contribution in [0, 0.1) is 0 Å². The molecule has 0 aliphatic heterocycles. The third-order valence-corrected chi connectivity index (χ3v) is 4.60. The molecule has 0 unspecified atom stereocenters. The molecule has 4 nitrogen and oxygen atoms in total. The van der Waals surface area contributed by atoms with Crippen LogP contribution in [0.3, 0.4) is 0 Å². The minimum absolute atomic E-state index is 0.0473. The molecule has 0 radical (unpaired) electrons. The molecular formula is C14H15Cl2N3O. The molecule has 1 aliphatic carbocycles. The summed E-state index contributed by atoms with van der Waals surface area (Å²) in [5, 5.41) is 4.26. The number of fused-ring (bicyclic) bond motifs is 1. The Bertz CT molecular complexity index is 638. The minimum atomic E-state index is -0.0473. The first-order valence-corrected chi connectivity index (χ1v) is 7.28. The van der Waals surface area contributed by atoms with Gasteiger partial charge in [-0.2, -0.15) is 0 Å². The minimum Gasteiger partial charge on any atom is -0.376 e. The van der Waals surface area contributed by atoms with Crippen molar-refractivity contribution in [2.24, 2.45) is 0 Å². The number of hydrogen-bond donors (Lipinski definition) is 1. The second-order valence-electron chi connectivity index (χ2n) is 5.10. The van der Waals surface area contributed by atoms with E-state index in [1.54, 1.807) is 25.4 Å². The average Bonchev–Trinajstić information content (AvgIpc) is 2.39. The second kappa shape index (κ2) is 5.35. The van der Waals surface area contributed by atoms with E-state index in [9.17, 15) is 0 Å². The van der Waals surface area contributed by atoms with Crippen molar-refractivity contribution in [2.75, 3.05) is 19.0 Å². The molecule has 0 atom stereocenters. The zero-order chi connectivity index (χ0) is 14.2. The molecule has 20 heavy (non-hydrogen) atoms. The Morgan fingerprint density at radius 1 is 1.25 bits per heavy atom. The Hall–Kier alpha value is -1.10. The van der Waals surface area contributed by atoms with Crippen LogP contribution in [-0.2, 0) is 4.74 Å². The highest BCUT2D eigenvalue weighted by atomic mass is 35.5. The third kappa shape index (κ3) is 2.55. The average molecular weight is 312 g/mol. The predicted molar refractivity (Wildman–Crippen MR) is 81.6 cm³/mol.